The van der Waals surface area contributed by atoms with Gasteiger partial charge in [-0.25, -0.2) is 0 Å². The monoisotopic (exact) mass is 547 g/mol. The number of nitro groups is 1. The molecule has 0 aliphatic carbocycles. The predicted octanol–water partition coefficient (Wildman–Crippen LogP) is 8.60. The van der Waals surface area contributed by atoms with Crippen molar-refractivity contribution in [2.75, 3.05) is 0 Å². The molecule has 0 amide bonds. The highest BCUT2D eigenvalue weighted by molar-refractivity contribution is 5.72. The molecule has 0 aliphatic heterocycles. The zero-order valence-electron chi connectivity index (χ0n) is 20.3. The summed E-state index contributed by atoms with van der Waals surface area (Å²) in [6, 6.07) is 14.3. The van der Waals surface area contributed by atoms with Crippen LogP contribution < -0.4 is 9.47 Å². The van der Waals surface area contributed by atoms with Crippen LogP contribution in [0.25, 0.3) is 11.1 Å². The predicted molar refractivity (Wildman–Crippen MR) is 127 cm³/mol. The third kappa shape index (κ3) is 8.63. The van der Waals surface area contributed by atoms with Crippen molar-refractivity contribution in [1.82, 2.24) is 0 Å². The SMILES string of the molecule is CC.O=[N+]([O-])c1cccc(-c2cccc(OC(F)(F)F)c2)c1CCCc1cccc(OC(F)(F)C(F)F)c1. The number of nitro benzene ring substituents is 1. The molecule has 0 aliphatic rings. The van der Waals surface area contributed by atoms with E-state index in [0.717, 1.165) is 24.3 Å². The van der Waals surface area contributed by atoms with Crippen molar-refractivity contribution in [3.63, 3.8) is 0 Å². The van der Waals surface area contributed by atoms with E-state index in [1.54, 1.807) is 6.07 Å². The van der Waals surface area contributed by atoms with Crippen LogP contribution in [0.3, 0.4) is 0 Å². The van der Waals surface area contributed by atoms with E-state index in [-0.39, 0.29) is 36.1 Å². The number of alkyl halides is 7. The number of rotatable bonds is 10. The highest BCUT2D eigenvalue weighted by Gasteiger charge is 2.44. The summed E-state index contributed by atoms with van der Waals surface area (Å²) in [7, 11) is 0. The van der Waals surface area contributed by atoms with Crippen molar-refractivity contribution in [2.24, 2.45) is 0 Å². The van der Waals surface area contributed by atoms with Crippen molar-refractivity contribution in [2.45, 2.75) is 52.0 Å². The molecule has 0 fully saturated rings. The first-order valence-corrected chi connectivity index (χ1v) is 11.4. The summed E-state index contributed by atoms with van der Waals surface area (Å²) < 4.78 is 97.0. The Kier molecular flexibility index (Phi) is 10.5. The van der Waals surface area contributed by atoms with Crippen molar-refractivity contribution in [3.05, 3.63) is 88.0 Å². The van der Waals surface area contributed by atoms with Crippen LogP contribution in [0.1, 0.15) is 31.4 Å². The molecule has 5 nitrogen and oxygen atoms in total. The van der Waals surface area contributed by atoms with Crippen LogP contribution in [-0.4, -0.2) is 23.8 Å². The third-order valence-corrected chi connectivity index (χ3v) is 5.03. The summed E-state index contributed by atoms with van der Waals surface area (Å²) in [4.78, 5) is 11.0. The lowest BCUT2D eigenvalue weighted by molar-refractivity contribution is -0.385. The normalized spacial score (nSPS) is 11.5. The van der Waals surface area contributed by atoms with Gasteiger partial charge in [0.25, 0.3) is 5.69 Å². The molecule has 0 saturated carbocycles. The Morgan fingerprint density at radius 3 is 2.05 bits per heavy atom. The fourth-order valence-electron chi connectivity index (χ4n) is 3.58. The van der Waals surface area contributed by atoms with E-state index >= 15 is 0 Å². The zero-order valence-corrected chi connectivity index (χ0v) is 20.3. The molecule has 0 atom stereocenters. The third-order valence-electron chi connectivity index (χ3n) is 5.03. The average molecular weight is 547 g/mol. The van der Waals surface area contributed by atoms with Gasteiger partial charge >= 0.3 is 18.9 Å². The van der Waals surface area contributed by atoms with Crippen LogP contribution in [0.15, 0.2) is 66.7 Å². The minimum Gasteiger partial charge on any atom is -0.428 e. The van der Waals surface area contributed by atoms with Crippen LogP contribution in [0.4, 0.5) is 36.4 Å². The number of aryl methyl sites for hydroxylation is 1. The second-order valence-electron chi connectivity index (χ2n) is 7.60. The highest BCUT2D eigenvalue weighted by atomic mass is 19.4. The largest absolute Gasteiger partial charge is 0.573 e. The summed E-state index contributed by atoms with van der Waals surface area (Å²) in [6.07, 6.45) is -13.0. The molecule has 38 heavy (non-hydrogen) atoms. The summed E-state index contributed by atoms with van der Waals surface area (Å²) in [5, 5.41) is 11.6. The van der Waals surface area contributed by atoms with E-state index in [1.807, 2.05) is 13.8 Å². The summed E-state index contributed by atoms with van der Waals surface area (Å²) in [6.45, 7) is 4.00. The van der Waals surface area contributed by atoms with Gasteiger partial charge in [-0.05, 0) is 60.2 Å². The first-order valence-electron chi connectivity index (χ1n) is 11.4. The second-order valence-corrected chi connectivity index (χ2v) is 7.60. The Bertz CT molecular complexity index is 1220. The number of hydrogen-bond donors (Lipinski definition) is 0. The molecule has 0 spiro atoms. The molecule has 0 bridgehead atoms. The number of benzene rings is 3. The van der Waals surface area contributed by atoms with Crippen molar-refractivity contribution >= 4 is 5.69 Å². The highest BCUT2D eigenvalue weighted by Crippen LogP contribution is 2.35. The quantitative estimate of drug-likeness (QED) is 0.145. The van der Waals surface area contributed by atoms with E-state index in [4.69, 9.17) is 0 Å². The fourth-order valence-corrected chi connectivity index (χ4v) is 3.58. The first kappa shape index (κ1) is 30.4. The number of nitrogens with zero attached hydrogens (tertiary/aromatic N) is 1. The maximum absolute atomic E-state index is 13.2. The summed E-state index contributed by atoms with van der Waals surface area (Å²) in [5.74, 6) is -0.958. The molecule has 0 radical (unpaired) electrons. The molecular formula is C26H24F7NO4. The van der Waals surface area contributed by atoms with Crippen LogP contribution in [0, 0.1) is 10.1 Å². The van der Waals surface area contributed by atoms with E-state index < -0.39 is 35.3 Å². The van der Waals surface area contributed by atoms with Crippen molar-refractivity contribution < 1.29 is 45.1 Å². The van der Waals surface area contributed by atoms with Gasteiger partial charge in [0.15, 0.2) is 0 Å². The van der Waals surface area contributed by atoms with Gasteiger partial charge in [0.05, 0.1) is 4.92 Å². The fraction of sp³-hybridized carbons (Fsp3) is 0.308. The molecule has 3 aromatic carbocycles. The first-order chi connectivity index (χ1) is 17.9. The van der Waals surface area contributed by atoms with Crippen LogP contribution in [0.2, 0.25) is 0 Å². The number of ether oxygens (including phenoxy) is 2. The minimum atomic E-state index is -4.92. The van der Waals surface area contributed by atoms with Crippen LogP contribution >= 0.6 is 0 Å². The van der Waals surface area contributed by atoms with E-state index in [2.05, 4.69) is 9.47 Å². The Labute approximate surface area is 214 Å². The molecule has 0 unspecified atom stereocenters. The Morgan fingerprint density at radius 2 is 1.45 bits per heavy atom. The zero-order chi connectivity index (χ0) is 28.5. The molecule has 0 N–H and O–H groups in total. The maximum Gasteiger partial charge on any atom is 0.573 e. The van der Waals surface area contributed by atoms with E-state index in [9.17, 15) is 40.8 Å². The lowest BCUT2D eigenvalue weighted by Crippen LogP contribution is -2.33. The molecule has 0 saturated heterocycles. The topological polar surface area (TPSA) is 61.6 Å². The van der Waals surface area contributed by atoms with Crippen molar-refractivity contribution in [1.29, 1.82) is 0 Å². The molecule has 0 heterocycles. The lowest BCUT2D eigenvalue weighted by Gasteiger charge is -2.17. The molecule has 206 valence electrons. The van der Waals surface area contributed by atoms with E-state index in [1.165, 1.54) is 36.4 Å². The second kappa shape index (κ2) is 13.1. The summed E-state index contributed by atoms with van der Waals surface area (Å²) in [5.41, 5.74) is 1.05. The van der Waals surface area contributed by atoms with Gasteiger partial charge < -0.3 is 9.47 Å². The van der Waals surface area contributed by atoms with Gasteiger partial charge in [-0.3, -0.25) is 10.1 Å². The van der Waals surface area contributed by atoms with Gasteiger partial charge in [0.1, 0.15) is 11.5 Å². The average Bonchev–Trinajstić information content (AvgIpc) is 2.84. The molecule has 0 aromatic heterocycles. The molecule has 12 heteroatoms. The standard InChI is InChI=1S/C24H18F7NO4.C2H6/c25-22(26)23(27,28)35-17-8-1-5-15(13-17)6-2-11-20-19(10-4-12-21(20)32(33)34)16-7-3-9-18(14-16)36-24(29,30)31;1-2/h1,3-5,7-10,12-14,22H,2,6,11H2;1-2H3. The van der Waals surface area contributed by atoms with Crippen LogP contribution in [-0.2, 0) is 12.8 Å². The summed E-state index contributed by atoms with van der Waals surface area (Å²) >= 11 is 0. The number of halogens is 7. The van der Waals surface area contributed by atoms with Gasteiger partial charge in [-0.15, -0.1) is 13.2 Å². The Balaban J connectivity index is 0.00000247. The Hall–Kier alpha value is -3.83. The molecule has 3 aromatic rings. The minimum absolute atomic E-state index is 0.106. The van der Waals surface area contributed by atoms with Gasteiger partial charge in [-0.1, -0.05) is 50.2 Å². The van der Waals surface area contributed by atoms with Gasteiger partial charge in [0.2, 0.25) is 0 Å². The molecular weight excluding hydrogens is 523 g/mol. The lowest BCUT2D eigenvalue weighted by atomic mass is 9.93. The Morgan fingerprint density at radius 1 is 0.842 bits per heavy atom. The maximum atomic E-state index is 13.2. The van der Waals surface area contributed by atoms with Crippen LogP contribution in [0.5, 0.6) is 11.5 Å². The van der Waals surface area contributed by atoms with Gasteiger partial charge in [0, 0.05) is 11.6 Å². The van der Waals surface area contributed by atoms with E-state index in [0.29, 0.717) is 11.1 Å². The van der Waals surface area contributed by atoms with Gasteiger partial charge in [-0.2, -0.15) is 17.6 Å². The molecule has 3 rings (SSSR count). The van der Waals surface area contributed by atoms with Crippen molar-refractivity contribution in [3.8, 4) is 22.6 Å². The smallest absolute Gasteiger partial charge is 0.428 e. The number of hydrogen-bond acceptors (Lipinski definition) is 4.